The molecule has 1 aliphatic heterocycles. The minimum atomic E-state index is -3.20. The molecule has 2 heterocycles. The number of methoxy groups -OCH3 is 3. The van der Waals surface area contributed by atoms with E-state index in [-0.39, 0.29) is 11.5 Å². The number of hydrogen-bond donors (Lipinski definition) is 0. The molecule has 0 amide bonds. The van der Waals surface area contributed by atoms with E-state index in [4.69, 9.17) is 14.2 Å². The van der Waals surface area contributed by atoms with Crippen LogP contribution in [0.2, 0.25) is 0 Å². The van der Waals surface area contributed by atoms with Gasteiger partial charge < -0.3 is 14.2 Å². The molecule has 3 aromatic rings. The van der Waals surface area contributed by atoms with E-state index >= 15 is 0 Å². The van der Waals surface area contributed by atoms with Gasteiger partial charge in [0, 0.05) is 11.1 Å². The van der Waals surface area contributed by atoms with Gasteiger partial charge in [0.15, 0.2) is 33.0 Å². The van der Waals surface area contributed by atoms with Crippen LogP contribution in [0.25, 0.3) is 22.8 Å². The fourth-order valence-corrected chi connectivity index (χ4v) is 5.59. The van der Waals surface area contributed by atoms with Gasteiger partial charge in [-0.05, 0) is 37.1 Å². The minimum absolute atomic E-state index is 0.0314. The van der Waals surface area contributed by atoms with Crippen LogP contribution in [-0.4, -0.2) is 56.0 Å². The van der Waals surface area contributed by atoms with Crippen LogP contribution in [0.4, 0.5) is 4.39 Å². The van der Waals surface area contributed by atoms with Crippen molar-refractivity contribution in [1.29, 1.82) is 0 Å². The Hall–Kier alpha value is -3.14. The maximum Gasteiger partial charge on any atom is 0.203 e. The van der Waals surface area contributed by atoms with Crippen molar-refractivity contribution in [2.45, 2.75) is 18.9 Å². The van der Waals surface area contributed by atoms with Crippen molar-refractivity contribution >= 4 is 9.84 Å². The molecule has 32 heavy (non-hydrogen) atoms. The van der Waals surface area contributed by atoms with Crippen LogP contribution in [0.15, 0.2) is 36.4 Å². The summed E-state index contributed by atoms with van der Waals surface area (Å²) in [4.78, 5) is 4.66. The molecule has 1 saturated heterocycles. The Kier molecular flexibility index (Phi) is 6.05. The monoisotopic (exact) mass is 461 g/mol. The summed E-state index contributed by atoms with van der Waals surface area (Å²) in [5, 5.41) is 4.60. The van der Waals surface area contributed by atoms with Crippen LogP contribution in [0.1, 0.15) is 18.9 Å². The molecular weight excluding hydrogens is 437 g/mol. The van der Waals surface area contributed by atoms with Gasteiger partial charge in [0.05, 0.1) is 38.9 Å². The van der Waals surface area contributed by atoms with E-state index in [1.807, 2.05) is 0 Å². The maximum absolute atomic E-state index is 13.8. The van der Waals surface area contributed by atoms with Gasteiger partial charge in [-0.2, -0.15) is 5.10 Å². The molecule has 0 bridgehead atoms. The van der Waals surface area contributed by atoms with Gasteiger partial charge in [-0.1, -0.05) is 12.1 Å². The zero-order chi connectivity index (χ0) is 22.9. The van der Waals surface area contributed by atoms with Crippen molar-refractivity contribution in [2.75, 3.05) is 32.8 Å². The predicted octanol–water partition coefficient (Wildman–Crippen LogP) is 3.53. The summed E-state index contributed by atoms with van der Waals surface area (Å²) in [6.45, 7) is 0. The van der Waals surface area contributed by atoms with Crippen LogP contribution >= 0.6 is 0 Å². The fraction of sp³-hybridized carbons (Fsp3) is 0.364. The Morgan fingerprint density at radius 3 is 2.34 bits per heavy atom. The van der Waals surface area contributed by atoms with Gasteiger partial charge in [-0.15, -0.1) is 0 Å². The molecule has 2 aromatic carbocycles. The molecular formula is C22H24FN3O5S. The molecule has 1 fully saturated rings. The van der Waals surface area contributed by atoms with Crippen LogP contribution in [0.5, 0.6) is 17.2 Å². The second kappa shape index (κ2) is 8.78. The fourth-order valence-electron chi connectivity index (χ4n) is 3.93. The molecule has 1 aromatic heterocycles. The van der Waals surface area contributed by atoms with Crippen molar-refractivity contribution in [3.05, 3.63) is 42.2 Å². The molecule has 0 aliphatic carbocycles. The van der Waals surface area contributed by atoms with Crippen LogP contribution in [0.3, 0.4) is 0 Å². The molecule has 10 heteroatoms. The lowest BCUT2D eigenvalue weighted by atomic mass is 10.1. The largest absolute Gasteiger partial charge is 0.493 e. The SMILES string of the molecule is COc1cc(-c2nc(-c3cccc(F)c3)nn2C2CCCS(=O)(=O)C2)cc(OC)c1OC. The number of nitrogens with zero attached hydrogens (tertiary/aromatic N) is 3. The normalized spacial score (nSPS) is 17.7. The Bertz CT molecular complexity index is 1220. The number of benzene rings is 2. The molecule has 0 spiro atoms. The molecule has 0 radical (unpaired) electrons. The molecule has 0 saturated carbocycles. The van der Waals surface area contributed by atoms with Gasteiger partial charge in [0.25, 0.3) is 0 Å². The highest BCUT2D eigenvalue weighted by Crippen LogP contribution is 2.42. The van der Waals surface area contributed by atoms with Crippen molar-refractivity contribution < 1.29 is 27.0 Å². The summed E-state index contributed by atoms with van der Waals surface area (Å²) in [6.07, 6.45) is 1.18. The van der Waals surface area contributed by atoms with E-state index in [2.05, 4.69) is 10.1 Å². The predicted molar refractivity (Wildman–Crippen MR) is 117 cm³/mol. The first-order valence-electron chi connectivity index (χ1n) is 10.1. The third kappa shape index (κ3) is 4.27. The van der Waals surface area contributed by atoms with Crippen molar-refractivity contribution in [1.82, 2.24) is 14.8 Å². The lowest BCUT2D eigenvalue weighted by molar-refractivity contribution is 0.324. The smallest absolute Gasteiger partial charge is 0.203 e. The van der Waals surface area contributed by atoms with E-state index in [1.165, 1.54) is 33.5 Å². The van der Waals surface area contributed by atoms with E-state index in [0.29, 0.717) is 52.9 Å². The van der Waals surface area contributed by atoms with Gasteiger partial charge in [0.1, 0.15) is 5.82 Å². The third-order valence-corrected chi connectivity index (χ3v) is 7.23. The lowest BCUT2D eigenvalue weighted by Crippen LogP contribution is -2.28. The van der Waals surface area contributed by atoms with E-state index in [0.717, 1.165) is 0 Å². The molecule has 1 aliphatic rings. The second-order valence-corrected chi connectivity index (χ2v) is 9.77. The van der Waals surface area contributed by atoms with Gasteiger partial charge in [-0.25, -0.2) is 22.5 Å². The Morgan fingerprint density at radius 1 is 1.03 bits per heavy atom. The summed E-state index contributed by atoms with van der Waals surface area (Å²) in [6, 6.07) is 9.04. The third-order valence-electron chi connectivity index (χ3n) is 5.42. The lowest BCUT2D eigenvalue weighted by Gasteiger charge is -2.23. The molecule has 4 rings (SSSR count). The molecule has 170 valence electrons. The first kappa shape index (κ1) is 22.1. The van der Waals surface area contributed by atoms with Crippen LogP contribution in [-0.2, 0) is 9.84 Å². The highest BCUT2D eigenvalue weighted by atomic mass is 32.2. The summed E-state index contributed by atoms with van der Waals surface area (Å²) < 4.78 is 56.4. The van der Waals surface area contributed by atoms with Crippen molar-refractivity contribution in [3.8, 4) is 40.0 Å². The average Bonchev–Trinajstić information content (AvgIpc) is 3.23. The number of hydrogen-bond acceptors (Lipinski definition) is 7. The Labute approximate surface area is 185 Å². The highest BCUT2D eigenvalue weighted by molar-refractivity contribution is 7.91. The number of halogens is 1. The standard InChI is InChI=1S/C22H24FN3O5S/c1-29-18-11-15(12-19(30-2)20(18)31-3)22-24-21(14-6-4-7-16(23)10-14)25-26(22)17-8-5-9-32(27,28)13-17/h4,6-7,10-12,17H,5,8-9,13H2,1-3H3. The number of rotatable bonds is 6. The second-order valence-electron chi connectivity index (χ2n) is 7.54. The number of ether oxygens (including phenoxy) is 3. The highest BCUT2D eigenvalue weighted by Gasteiger charge is 2.30. The summed E-state index contributed by atoms with van der Waals surface area (Å²) in [5.74, 6) is 1.75. The molecule has 0 N–H and O–H groups in total. The molecule has 8 nitrogen and oxygen atoms in total. The van der Waals surface area contributed by atoms with Gasteiger partial charge in [-0.3, -0.25) is 0 Å². The van der Waals surface area contributed by atoms with E-state index in [9.17, 15) is 12.8 Å². The number of aromatic nitrogens is 3. The minimum Gasteiger partial charge on any atom is -0.493 e. The first-order chi connectivity index (χ1) is 15.3. The average molecular weight is 462 g/mol. The molecule has 1 unspecified atom stereocenters. The van der Waals surface area contributed by atoms with Crippen molar-refractivity contribution in [2.24, 2.45) is 0 Å². The van der Waals surface area contributed by atoms with Gasteiger partial charge in [0.2, 0.25) is 5.75 Å². The van der Waals surface area contributed by atoms with Crippen LogP contribution in [0, 0.1) is 5.82 Å². The topological polar surface area (TPSA) is 92.5 Å². The van der Waals surface area contributed by atoms with E-state index < -0.39 is 21.7 Å². The summed E-state index contributed by atoms with van der Waals surface area (Å²) >= 11 is 0. The zero-order valence-electron chi connectivity index (χ0n) is 18.0. The quantitative estimate of drug-likeness (QED) is 0.554. The van der Waals surface area contributed by atoms with Crippen LogP contribution < -0.4 is 14.2 Å². The number of sulfone groups is 1. The summed E-state index contributed by atoms with van der Waals surface area (Å²) in [5.41, 5.74) is 1.11. The zero-order valence-corrected chi connectivity index (χ0v) is 18.9. The summed E-state index contributed by atoms with van der Waals surface area (Å²) in [7, 11) is 1.34. The Morgan fingerprint density at radius 2 is 1.75 bits per heavy atom. The maximum atomic E-state index is 13.8. The van der Waals surface area contributed by atoms with Gasteiger partial charge >= 0.3 is 0 Å². The first-order valence-corrected chi connectivity index (χ1v) is 11.9. The molecule has 1 atom stereocenters. The van der Waals surface area contributed by atoms with E-state index in [1.54, 1.807) is 28.9 Å². The van der Waals surface area contributed by atoms with Crippen molar-refractivity contribution in [3.63, 3.8) is 0 Å². The Balaban J connectivity index is 1.90.